The molecule has 0 aromatic heterocycles. The predicted octanol–water partition coefficient (Wildman–Crippen LogP) is 1.88. The van der Waals surface area contributed by atoms with Crippen molar-refractivity contribution >= 4 is 6.29 Å². The molecule has 0 N–H and O–H groups in total. The molecule has 0 heterocycles. The number of hydrogen-bond acceptors (Lipinski definition) is 1. The van der Waals surface area contributed by atoms with Crippen LogP contribution in [0.4, 0.5) is 0 Å². The minimum absolute atomic E-state index is 0.738. The molecule has 0 aliphatic heterocycles. The highest BCUT2D eigenvalue weighted by Crippen LogP contribution is 1.93. The van der Waals surface area contributed by atoms with Gasteiger partial charge in [-0.1, -0.05) is 29.7 Å². The molecule has 1 heteroatoms. The van der Waals surface area contributed by atoms with Gasteiger partial charge in [-0.3, -0.25) is 4.79 Å². The molecule has 0 aliphatic carbocycles. The third-order valence-corrected chi connectivity index (χ3v) is 0.989. The van der Waals surface area contributed by atoms with E-state index in [-0.39, 0.29) is 0 Å². The summed E-state index contributed by atoms with van der Waals surface area (Å²) >= 11 is 0. The highest BCUT2D eigenvalue weighted by atomic mass is 16.1. The maximum atomic E-state index is 9.87. The molecule has 0 amide bonds. The average molecular weight is 146 g/mol. The number of allylic oxidation sites excluding steroid dienone is 6. The summed E-state index contributed by atoms with van der Waals surface area (Å²) in [7, 11) is 0. The van der Waals surface area contributed by atoms with Gasteiger partial charge in [0.25, 0.3) is 0 Å². The molecule has 0 rings (SSSR count). The van der Waals surface area contributed by atoms with E-state index in [1.807, 2.05) is 13.0 Å². The lowest BCUT2D eigenvalue weighted by Crippen LogP contribution is -1.66. The Hall–Kier alpha value is -1.55. The lowest BCUT2D eigenvalue weighted by molar-refractivity contribution is -0.104. The van der Waals surface area contributed by atoms with Gasteiger partial charge in [0, 0.05) is 0 Å². The molecule has 0 aliphatic rings. The van der Waals surface area contributed by atoms with Crippen LogP contribution in [0.5, 0.6) is 0 Å². The van der Waals surface area contributed by atoms with E-state index in [0.29, 0.717) is 0 Å². The Bertz CT molecular complexity index is 236. The lowest BCUT2D eigenvalue weighted by atomic mass is 10.2. The topological polar surface area (TPSA) is 17.1 Å². The van der Waals surface area contributed by atoms with Crippen molar-refractivity contribution in [3.63, 3.8) is 0 Å². The van der Waals surface area contributed by atoms with E-state index in [4.69, 9.17) is 6.42 Å². The van der Waals surface area contributed by atoms with Gasteiger partial charge in [-0.25, -0.2) is 0 Å². The number of terminal acetylenes is 1. The second-order valence-electron chi connectivity index (χ2n) is 1.93. The van der Waals surface area contributed by atoms with Crippen LogP contribution in [0.3, 0.4) is 0 Å². The molecule has 0 saturated carbocycles. The summed E-state index contributed by atoms with van der Waals surface area (Å²) in [6.45, 7) is 1.89. The first-order chi connectivity index (χ1) is 5.31. The highest BCUT2D eigenvalue weighted by molar-refractivity contribution is 5.65. The van der Waals surface area contributed by atoms with Crippen LogP contribution in [-0.4, -0.2) is 6.29 Å². The van der Waals surface area contributed by atoms with Crippen LogP contribution in [0.2, 0.25) is 0 Å². The van der Waals surface area contributed by atoms with Gasteiger partial charge in [0.05, 0.1) is 0 Å². The number of carbonyl (C=O) groups excluding carboxylic acids is 1. The lowest BCUT2D eigenvalue weighted by Gasteiger charge is -1.83. The average Bonchev–Trinajstić information content (AvgIpc) is 2.01. The third kappa shape index (κ3) is 6.33. The summed E-state index contributed by atoms with van der Waals surface area (Å²) in [6.07, 6.45) is 14.1. The standard InChI is InChI=1S/C10H10O/c1-3-4-5-7-10(2)8-6-9-11/h1,4-9H,2H3. The van der Waals surface area contributed by atoms with Crippen LogP contribution >= 0.6 is 0 Å². The zero-order valence-corrected chi connectivity index (χ0v) is 6.45. The van der Waals surface area contributed by atoms with Gasteiger partial charge in [0.2, 0.25) is 0 Å². The van der Waals surface area contributed by atoms with Crippen molar-refractivity contribution in [1.82, 2.24) is 0 Å². The minimum Gasteiger partial charge on any atom is -0.299 e. The van der Waals surface area contributed by atoms with Gasteiger partial charge in [0.1, 0.15) is 6.29 Å². The van der Waals surface area contributed by atoms with Gasteiger partial charge in [-0.2, -0.15) is 0 Å². The molecule has 0 atom stereocenters. The molecule has 11 heavy (non-hydrogen) atoms. The largest absolute Gasteiger partial charge is 0.299 e. The van der Waals surface area contributed by atoms with Crippen molar-refractivity contribution in [3.05, 3.63) is 36.0 Å². The highest BCUT2D eigenvalue weighted by Gasteiger charge is 1.75. The summed E-state index contributed by atoms with van der Waals surface area (Å²) in [6, 6.07) is 0. The smallest absolute Gasteiger partial charge is 0.142 e. The molecule has 0 spiro atoms. The second kappa shape index (κ2) is 6.57. The fraction of sp³-hybridized carbons (Fsp3) is 0.100. The Morgan fingerprint density at radius 1 is 1.45 bits per heavy atom. The molecule has 0 fully saturated rings. The second-order valence-corrected chi connectivity index (χ2v) is 1.93. The Kier molecular flexibility index (Phi) is 5.64. The third-order valence-electron chi connectivity index (χ3n) is 0.989. The van der Waals surface area contributed by atoms with Crippen molar-refractivity contribution in [2.24, 2.45) is 0 Å². The van der Waals surface area contributed by atoms with Crippen LogP contribution in [0.25, 0.3) is 0 Å². The molecule has 0 aromatic rings. The molecule has 0 bridgehead atoms. The summed E-state index contributed by atoms with van der Waals surface area (Å²) in [4.78, 5) is 9.87. The van der Waals surface area contributed by atoms with Crippen LogP contribution in [0, 0.1) is 12.3 Å². The van der Waals surface area contributed by atoms with Gasteiger partial charge in [0.15, 0.2) is 0 Å². The first kappa shape index (κ1) is 9.45. The predicted molar refractivity (Wildman–Crippen MR) is 46.9 cm³/mol. The summed E-state index contributed by atoms with van der Waals surface area (Å²) < 4.78 is 0. The summed E-state index contributed by atoms with van der Waals surface area (Å²) in [5, 5.41) is 0. The van der Waals surface area contributed by atoms with Crippen molar-refractivity contribution in [3.8, 4) is 12.3 Å². The molecule has 0 radical (unpaired) electrons. The van der Waals surface area contributed by atoms with Gasteiger partial charge >= 0.3 is 0 Å². The van der Waals surface area contributed by atoms with Crippen molar-refractivity contribution in [2.45, 2.75) is 6.92 Å². The van der Waals surface area contributed by atoms with Crippen molar-refractivity contribution < 1.29 is 4.79 Å². The first-order valence-electron chi connectivity index (χ1n) is 3.22. The van der Waals surface area contributed by atoms with E-state index < -0.39 is 0 Å². The van der Waals surface area contributed by atoms with Crippen LogP contribution in [0.15, 0.2) is 36.0 Å². The fourth-order valence-electron chi connectivity index (χ4n) is 0.502. The normalized spacial score (nSPS) is 12.2. The van der Waals surface area contributed by atoms with E-state index in [1.54, 1.807) is 18.2 Å². The molecule has 0 saturated heterocycles. The van der Waals surface area contributed by atoms with Gasteiger partial charge < -0.3 is 0 Å². The van der Waals surface area contributed by atoms with Gasteiger partial charge in [-0.05, 0) is 19.1 Å². The van der Waals surface area contributed by atoms with Gasteiger partial charge in [-0.15, -0.1) is 6.42 Å². The number of aldehydes is 1. The monoisotopic (exact) mass is 146 g/mol. The Balaban J connectivity index is 4.02. The SMILES string of the molecule is C#CC=CC=C(C)C=CC=O. The van der Waals surface area contributed by atoms with Crippen LogP contribution < -0.4 is 0 Å². The molecule has 1 nitrogen and oxygen atoms in total. The van der Waals surface area contributed by atoms with Crippen molar-refractivity contribution in [2.75, 3.05) is 0 Å². The van der Waals surface area contributed by atoms with E-state index in [0.717, 1.165) is 11.9 Å². The van der Waals surface area contributed by atoms with E-state index in [1.165, 1.54) is 6.08 Å². The van der Waals surface area contributed by atoms with Crippen LogP contribution in [-0.2, 0) is 4.79 Å². The minimum atomic E-state index is 0.738. The molecule has 0 unspecified atom stereocenters. The first-order valence-corrected chi connectivity index (χ1v) is 3.22. The Labute approximate surface area is 67.1 Å². The Morgan fingerprint density at radius 2 is 2.18 bits per heavy atom. The molecule has 0 aromatic carbocycles. The number of hydrogen-bond donors (Lipinski definition) is 0. The number of carbonyl (C=O) groups is 1. The van der Waals surface area contributed by atoms with Crippen LogP contribution in [0.1, 0.15) is 6.92 Å². The van der Waals surface area contributed by atoms with E-state index in [2.05, 4.69) is 5.92 Å². The van der Waals surface area contributed by atoms with E-state index >= 15 is 0 Å². The van der Waals surface area contributed by atoms with Crippen molar-refractivity contribution in [1.29, 1.82) is 0 Å². The summed E-state index contributed by atoms with van der Waals surface area (Å²) in [5.74, 6) is 2.36. The zero-order valence-electron chi connectivity index (χ0n) is 6.45. The molecular weight excluding hydrogens is 136 g/mol. The number of rotatable bonds is 3. The maximum Gasteiger partial charge on any atom is 0.142 e. The summed E-state index contributed by atoms with van der Waals surface area (Å²) in [5.41, 5.74) is 0.989. The van der Waals surface area contributed by atoms with E-state index in [9.17, 15) is 4.79 Å². The zero-order chi connectivity index (χ0) is 8.53. The molecule has 56 valence electrons. The fourth-order valence-corrected chi connectivity index (χ4v) is 0.502. The molecular formula is C10H10O. The Morgan fingerprint density at radius 3 is 2.73 bits per heavy atom. The quantitative estimate of drug-likeness (QED) is 0.257. The maximum absolute atomic E-state index is 9.87.